The van der Waals surface area contributed by atoms with Crippen molar-refractivity contribution in [3.8, 4) is 11.8 Å². The van der Waals surface area contributed by atoms with E-state index in [1.165, 1.54) is 7.11 Å². The molecule has 3 heterocycles. The van der Waals surface area contributed by atoms with Gasteiger partial charge in [0, 0.05) is 18.7 Å². The third kappa shape index (κ3) is 3.76. The van der Waals surface area contributed by atoms with E-state index in [-0.39, 0.29) is 5.91 Å². The Balaban J connectivity index is 1.43. The van der Waals surface area contributed by atoms with E-state index in [2.05, 4.69) is 10.1 Å². The second-order valence-electron chi connectivity index (χ2n) is 6.26. The van der Waals surface area contributed by atoms with Crippen LogP contribution in [0.5, 0.6) is 11.8 Å². The van der Waals surface area contributed by atoms with Crippen molar-refractivity contribution in [1.29, 1.82) is 0 Å². The maximum atomic E-state index is 12.7. The molecule has 0 radical (unpaired) electrons. The molecule has 0 bridgehead atoms. The maximum absolute atomic E-state index is 12.7. The van der Waals surface area contributed by atoms with Gasteiger partial charge < -0.3 is 14.4 Å². The van der Waals surface area contributed by atoms with Crippen molar-refractivity contribution in [3.63, 3.8) is 0 Å². The number of methoxy groups -OCH3 is 1. The topological polar surface area (TPSA) is 69.5 Å². The highest BCUT2D eigenvalue weighted by Gasteiger charge is 2.24. The third-order valence-corrected chi connectivity index (χ3v) is 4.44. The van der Waals surface area contributed by atoms with Gasteiger partial charge in [0.15, 0.2) is 0 Å². The second-order valence-corrected chi connectivity index (χ2v) is 6.26. The van der Waals surface area contributed by atoms with Crippen LogP contribution in [0.1, 0.15) is 21.7 Å². The van der Waals surface area contributed by atoms with E-state index < -0.39 is 0 Å². The number of pyridine rings is 1. The summed E-state index contributed by atoms with van der Waals surface area (Å²) in [6.45, 7) is 2.14. The molecule has 1 aliphatic heterocycles. The number of ether oxygens (including phenoxy) is 2. The largest absolute Gasteiger partial charge is 0.481 e. The summed E-state index contributed by atoms with van der Waals surface area (Å²) in [7, 11) is 1.53. The van der Waals surface area contributed by atoms with Crippen molar-refractivity contribution in [2.75, 3.05) is 13.7 Å². The van der Waals surface area contributed by atoms with Crippen LogP contribution < -0.4 is 9.47 Å². The van der Waals surface area contributed by atoms with E-state index in [9.17, 15) is 4.79 Å². The van der Waals surface area contributed by atoms with Gasteiger partial charge in [0.25, 0.3) is 5.91 Å². The molecule has 2 aromatic heterocycles. The smallest absolute Gasteiger partial charge is 0.273 e. The first-order valence-corrected chi connectivity index (χ1v) is 8.77. The van der Waals surface area contributed by atoms with Gasteiger partial charge in [0.05, 0.1) is 25.9 Å². The van der Waals surface area contributed by atoms with Gasteiger partial charge in [-0.25, -0.2) is 4.98 Å². The summed E-state index contributed by atoms with van der Waals surface area (Å²) in [5.74, 6) is 0.885. The molecule has 138 valence electrons. The van der Waals surface area contributed by atoms with Crippen LogP contribution in [0, 0.1) is 0 Å². The minimum Gasteiger partial charge on any atom is -0.481 e. The minimum absolute atomic E-state index is 0.117. The van der Waals surface area contributed by atoms with Crippen LogP contribution in [0.3, 0.4) is 0 Å². The average Bonchev–Trinajstić information content (AvgIpc) is 3.14. The normalized spacial score (nSPS) is 13.1. The lowest BCUT2D eigenvalue weighted by atomic mass is 10.2. The molecule has 0 N–H and O–H groups in total. The first-order valence-electron chi connectivity index (χ1n) is 8.77. The zero-order chi connectivity index (χ0) is 18.6. The number of nitrogens with zero attached hydrogens (tertiary/aromatic N) is 4. The number of hydrogen-bond donors (Lipinski definition) is 0. The lowest BCUT2D eigenvalue weighted by molar-refractivity contribution is 0.0699. The molecule has 0 unspecified atom stereocenters. The molecular formula is C20H20N4O3. The number of carbonyl (C=O) groups excluding carboxylic acids is 1. The van der Waals surface area contributed by atoms with Crippen LogP contribution in [0.4, 0.5) is 0 Å². The van der Waals surface area contributed by atoms with Gasteiger partial charge in [-0.2, -0.15) is 0 Å². The minimum atomic E-state index is -0.117. The number of fused-ring (bicyclic) bond motifs is 1. The summed E-state index contributed by atoms with van der Waals surface area (Å²) in [4.78, 5) is 18.7. The molecule has 0 spiro atoms. The molecule has 1 aromatic carbocycles. The Morgan fingerprint density at radius 2 is 1.93 bits per heavy atom. The fourth-order valence-electron chi connectivity index (χ4n) is 3.03. The number of carbonyl (C=O) groups is 1. The number of benzene rings is 1. The molecule has 0 fully saturated rings. The molecule has 27 heavy (non-hydrogen) atoms. The van der Waals surface area contributed by atoms with E-state index in [1.54, 1.807) is 23.1 Å². The molecular weight excluding hydrogens is 344 g/mol. The van der Waals surface area contributed by atoms with Crippen LogP contribution in [0.2, 0.25) is 0 Å². The molecule has 0 atom stereocenters. The highest BCUT2D eigenvalue weighted by Crippen LogP contribution is 2.20. The maximum Gasteiger partial charge on any atom is 0.273 e. The fraction of sp³-hybridized carbons (Fsp3) is 0.250. The Labute approximate surface area is 157 Å². The Hall–Kier alpha value is -3.35. The van der Waals surface area contributed by atoms with E-state index in [0.717, 1.165) is 11.3 Å². The standard InChI is InChI=1S/C20H20N4O3/c1-26-18-9-5-8-17(21-18)20(25)23-10-11-24-16(13-23)12-19(22-24)27-14-15-6-3-2-4-7-15/h2-9,12H,10-11,13-14H2,1H3. The van der Waals surface area contributed by atoms with Crippen LogP contribution in [0.25, 0.3) is 0 Å². The molecule has 7 nitrogen and oxygen atoms in total. The van der Waals surface area contributed by atoms with Gasteiger partial charge >= 0.3 is 0 Å². The predicted octanol–water partition coefficient (Wildman–Crippen LogP) is 2.52. The van der Waals surface area contributed by atoms with E-state index in [0.29, 0.717) is 43.7 Å². The zero-order valence-electron chi connectivity index (χ0n) is 15.0. The van der Waals surface area contributed by atoms with Crippen molar-refractivity contribution in [2.45, 2.75) is 19.7 Å². The van der Waals surface area contributed by atoms with Crippen LogP contribution in [0.15, 0.2) is 54.6 Å². The second kappa shape index (κ2) is 7.49. The fourth-order valence-corrected chi connectivity index (χ4v) is 3.03. The highest BCUT2D eigenvalue weighted by molar-refractivity contribution is 5.92. The van der Waals surface area contributed by atoms with E-state index in [1.807, 2.05) is 41.1 Å². The first-order chi connectivity index (χ1) is 13.2. The molecule has 0 saturated heterocycles. The molecule has 4 rings (SSSR count). The van der Waals surface area contributed by atoms with Crippen LogP contribution in [-0.4, -0.2) is 39.2 Å². The van der Waals surface area contributed by atoms with Crippen LogP contribution in [-0.2, 0) is 19.7 Å². The molecule has 1 amide bonds. The van der Waals surface area contributed by atoms with Gasteiger partial charge in [-0.3, -0.25) is 9.48 Å². The Morgan fingerprint density at radius 1 is 1.07 bits per heavy atom. The van der Waals surface area contributed by atoms with Gasteiger partial charge in [-0.15, -0.1) is 5.10 Å². The van der Waals surface area contributed by atoms with Crippen LogP contribution >= 0.6 is 0 Å². The summed E-state index contributed by atoms with van der Waals surface area (Å²) < 4.78 is 12.8. The number of aromatic nitrogens is 3. The van der Waals surface area contributed by atoms with E-state index >= 15 is 0 Å². The number of rotatable bonds is 5. The van der Waals surface area contributed by atoms with Gasteiger partial charge in [0.2, 0.25) is 11.8 Å². The van der Waals surface area contributed by atoms with Crippen molar-refractivity contribution in [1.82, 2.24) is 19.7 Å². The summed E-state index contributed by atoms with van der Waals surface area (Å²) in [5.41, 5.74) is 2.41. The monoisotopic (exact) mass is 364 g/mol. The zero-order valence-corrected chi connectivity index (χ0v) is 15.0. The SMILES string of the molecule is COc1cccc(C(=O)N2CCn3nc(OCc4ccccc4)cc3C2)n1. The number of hydrogen-bond acceptors (Lipinski definition) is 5. The summed E-state index contributed by atoms with van der Waals surface area (Å²) >= 11 is 0. The summed E-state index contributed by atoms with van der Waals surface area (Å²) in [6.07, 6.45) is 0. The Kier molecular flexibility index (Phi) is 4.74. The Morgan fingerprint density at radius 3 is 2.74 bits per heavy atom. The van der Waals surface area contributed by atoms with Crippen molar-refractivity contribution in [3.05, 3.63) is 71.5 Å². The van der Waals surface area contributed by atoms with E-state index in [4.69, 9.17) is 9.47 Å². The Bertz CT molecular complexity index is 939. The molecule has 7 heteroatoms. The van der Waals surface area contributed by atoms with Gasteiger partial charge in [0.1, 0.15) is 12.3 Å². The molecule has 3 aromatic rings. The molecule has 0 aliphatic carbocycles. The lowest BCUT2D eigenvalue weighted by Gasteiger charge is -2.27. The highest BCUT2D eigenvalue weighted by atomic mass is 16.5. The predicted molar refractivity (Wildman–Crippen MR) is 98.5 cm³/mol. The quantitative estimate of drug-likeness (QED) is 0.696. The van der Waals surface area contributed by atoms with Crippen molar-refractivity contribution >= 4 is 5.91 Å². The number of amides is 1. The van der Waals surface area contributed by atoms with Crippen molar-refractivity contribution in [2.24, 2.45) is 0 Å². The molecule has 1 aliphatic rings. The van der Waals surface area contributed by atoms with Crippen molar-refractivity contribution < 1.29 is 14.3 Å². The molecule has 0 saturated carbocycles. The first kappa shape index (κ1) is 17.1. The third-order valence-electron chi connectivity index (χ3n) is 4.44. The summed E-state index contributed by atoms with van der Waals surface area (Å²) in [5, 5.41) is 4.48. The summed E-state index contributed by atoms with van der Waals surface area (Å²) in [6, 6.07) is 17.0. The van der Waals surface area contributed by atoms with Gasteiger partial charge in [-0.05, 0) is 11.6 Å². The van der Waals surface area contributed by atoms with Gasteiger partial charge in [-0.1, -0.05) is 36.4 Å². The lowest BCUT2D eigenvalue weighted by Crippen LogP contribution is -2.38. The average molecular weight is 364 g/mol.